The predicted octanol–water partition coefficient (Wildman–Crippen LogP) is 1.83. The molecule has 21 heavy (non-hydrogen) atoms. The number of aromatic nitrogens is 1. The molecule has 0 saturated heterocycles. The van der Waals surface area contributed by atoms with Crippen molar-refractivity contribution in [2.45, 2.75) is 6.42 Å². The zero-order chi connectivity index (χ0) is 14.7. The molecule has 0 saturated carbocycles. The Hall–Kier alpha value is -2.52. The lowest BCUT2D eigenvalue weighted by Crippen LogP contribution is -2.25. The lowest BCUT2D eigenvalue weighted by Gasteiger charge is -2.00. The van der Waals surface area contributed by atoms with E-state index in [4.69, 9.17) is 15.9 Å². The summed E-state index contributed by atoms with van der Waals surface area (Å²) in [5.41, 5.74) is 1.67. The van der Waals surface area contributed by atoms with Gasteiger partial charge in [-0.3, -0.25) is 4.79 Å². The van der Waals surface area contributed by atoms with Crippen LogP contribution in [0.2, 0.25) is 0 Å². The molecule has 2 aromatic rings. The zero-order valence-corrected chi connectivity index (χ0v) is 11.9. The summed E-state index contributed by atoms with van der Waals surface area (Å²) in [6.45, 7) is 0.481. The number of hydrogen-bond acceptors (Lipinski definition) is 5. The van der Waals surface area contributed by atoms with Gasteiger partial charge in [0.15, 0.2) is 11.5 Å². The lowest BCUT2D eigenvalue weighted by atomic mass is 10.2. The Morgan fingerprint density at radius 3 is 3.14 bits per heavy atom. The molecule has 106 valence electrons. The van der Waals surface area contributed by atoms with Gasteiger partial charge in [-0.1, -0.05) is 5.92 Å². The van der Waals surface area contributed by atoms with Crippen LogP contribution in [0.1, 0.15) is 5.69 Å². The fourth-order valence-electron chi connectivity index (χ4n) is 1.93. The largest absolute Gasteiger partial charge is 0.454 e. The van der Waals surface area contributed by atoms with Gasteiger partial charge in [0, 0.05) is 10.9 Å². The van der Waals surface area contributed by atoms with Crippen molar-refractivity contribution in [3.8, 4) is 34.4 Å². The maximum atomic E-state index is 11.6. The molecule has 6 heteroatoms. The minimum Gasteiger partial charge on any atom is -0.454 e. The van der Waals surface area contributed by atoms with E-state index >= 15 is 0 Å². The Bertz CT molecular complexity index is 718. The average Bonchev–Trinajstić information content (AvgIpc) is 3.12. The summed E-state index contributed by atoms with van der Waals surface area (Å²) in [6, 6.07) is 5.68. The molecule has 0 unspecified atom stereocenters. The van der Waals surface area contributed by atoms with Gasteiger partial charge in [-0.05, 0) is 18.2 Å². The third-order valence-corrected chi connectivity index (χ3v) is 3.84. The van der Waals surface area contributed by atoms with Gasteiger partial charge in [0.05, 0.1) is 18.7 Å². The third kappa shape index (κ3) is 2.98. The molecule has 1 N–H and O–H groups in total. The van der Waals surface area contributed by atoms with E-state index in [1.165, 1.54) is 11.3 Å². The SMILES string of the molecule is C#CCNC(=O)Cc1csc(-c2ccc3c(c2)OCO3)n1. The van der Waals surface area contributed by atoms with Crippen LogP contribution in [-0.4, -0.2) is 24.2 Å². The van der Waals surface area contributed by atoms with Crippen molar-refractivity contribution in [2.75, 3.05) is 13.3 Å². The smallest absolute Gasteiger partial charge is 0.231 e. The summed E-state index contributed by atoms with van der Waals surface area (Å²) < 4.78 is 10.6. The van der Waals surface area contributed by atoms with Crippen molar-refractivity contribution in [2.24, 2.45) is 0 Å². The molecular formula is C15H12N2O3S. The Morgan fingerprint density at radius 1 is 1.43 bits per heavy atom. The zero-order valence-electron chi connectivity index (χ0n) is 11.1. The van der Waals surface area contributed by atoms with E-state index < -0.39 is 0 Å². The molecule has 0 bridgehead atoms. The summed E-state index contributed by atoms with van der Waals surface area (Å²) >= 11 is 1.49. The summed E-state index contributed by atoms with van der Waals surface area (Å²) in [5.74, 6) is 3.69. The Morgan fingerprint density at radius 2 is 2.29 bits per heavy atom. The van der Waals surface area contributed by atoms with E-state index in [1.54, 1.807) is 0 Å². The van der Waals surface area contributed by atoms with Gasteiger partial charge < -0.3 is 14.8 Å². The molecule has 5 nitrogen and oxygen atoms in total. The molecular weight excluding hydrogens is 288 g/mol. The second-order valence-electron chi connectivity index (χ2n) is 4.37. The first-order chi connectivity index (χ1) is 10.3. The van der Waals surface area contributed by atoms with Crippen LogP contribution in [0.4, 0.5) is 0 Å². The second kappa shape index (κ2) is 5.85. The highest BCUT2D eigenvalue weighted by Crippen LogP contribution is 2.36. The standard InChI is InChI=1S/C15H12N2O3S/c1-2-5-16-14(18)7-11-8-21-15(17-11)10-3-4-12-13(6-10)20-9-19-12/h1,3-4,6,8H,5,7,9H2,(H,16,18). The van der Waals surface area contributed by atoms with Gasteiger partial charge >= 0.3 is 0 Å². The topological polar surface area (TPSA) is 60.5 Å². The first-order valence-electron chi connectivity index (χ1n) is 6.31. The number of fused-ring (bicyclic) bond motifs is 1. The first-order valence-corrected chi connectivity index (χ1v) is 7.19. The van der Waals surface area contributed by atoms with Crippen LogP contribution in [0.25, 0.3) is 10.6 Å². The molecule has 0 aliphatic carbocycles. The van der Waals surface area contributed by atoms with Gasteiger partial charge in [-0.2, -0.15) is 0 Å². The fourth-order valence-corrected chi connectivity index (χ4v) is 2.74. The molecule has 0 fully saturated rings. The van der Waals surface area contributed by atoms with Gasteiger partial charge in [0.2, 0.25) is 12.7 Å². The molecule has 0 radical (unpaired) electrons. The predicted molar refractivity (Wildman–Crippen MR) is 79.2 cm³/mol. The third-order valence-electron chi connectivity index (χ3n) is 2.90. The number of amides is 1. The molecule has 1 aliphatic heterocycles. The molecule has 0 spiro atoms. The quantitative estimate of drug-likeness (QED) is 0.875. The van der Waals surface area contributed by atoms with E-state index in [-0.39, 0.29) is 25.7 Å². The summed E-state index contributed by atoms with van der Waals surface area (Å²) in [6.07, 6.45) is 5.32. The Balaban J connectivity index is 1.73. The van der Waals surface area contributed by atoms with Crippen LogP contribution in [0.3, 0.4) is 0 Å². The number of nitrogens with zero attached hydrogens (tertiary/aromatic N) is 1. The van der Waals surface area contributed by atoms with Crippen molar-refractivity contribution in [3.05, 3.63) is 29.3 Å². The van der Waals surface area contributed by atoms with Crippen molar-refractivity contribution < 1.29 is 14.3 Å². The molecule has 0 atom stereocenters. The molecule has 2 heterocycles. The van der Waals surface area contributed by atoms with Crippen molar-refractivity contribution in [1.29, 1.82) is 0 Å². The number of benzene rings is 1. The van der Waals surface area contributed by atoms with E-state index in [0.717, 1.165) is 27.8 Å². The highest BCUT2D eigenvalue weighted by molar-refractivity contribution is 7.13. The van der Waals surface area contributed by atoms with E-state index in [1.807, 2.05) is 23.6 Å². The first kappa shape index (κ1) is 13.5. The van der Waals surface area contributed by atoms with Crippen LogP contribution in [-0.2, 0) is 11.2 Å². The Kier molecular flexibility index (Phi) is 3.75. The van der Waals surface area contributed by atoms with Gasteiger partial charge in [-0.15, -0.1) is 17.8 Å². The fraction of sp³-hybridized carbons (Fsp3) is 0.200. The number of hydrogen-bond donors (Lipinski definition) is 1. The second-order valence-corrected chi connectivity index (χ2v) is 5.23. The number of carbonyl (C=O) groups is 1. The average molecular weight is 300 g/mol. The highest BCUT2D eigenvalue weighted by atomic mass is 32.1. The van der Waals surface area contributed by atoms with Crippen molar-refractivity contribution in [1.82, 2.24) is 10.3 Å². The summed E-state index contributed by atoms with van der Waals surface area (Å²) in [7, 11) is 0. The minimum absolute atomic E-state index is 0.129. The monoisotopic (exact) mass is 300 g/mol. The number of nitrogens with one attached hydrogen (secondary N) is 1. The molecule has 1 aromatic heterocycles. The highest BCUT2D eigenvalue weighted by Gasteiger charge is 2.15. The number of carbonyl (C=O) groups excluding carboxylic acids is 1. The number of rotatable bonds is 4. The van der Waals surface area contributed by atoms with Crippen LogP contribution < -0.4 is 14.8 Å². The molecule has 1 amide bonds. The van der Waals surface area contributed by atoms with Crippen LogP contribution >= 0.6 is 11.3 Å². The van der Waals surface area contributed by atoms with Gasteiger partial charge in [0.1, 0.15) is 5.01 Å². The van der Waals surface area contributed by atoms with Gasteiger partial charge in [-0.25, -0.2) is 4.98 Å². The van der Waals surface area contributed by atoms with Gasteiger partial charge in [0.25, 0.3) is 0 Å². The molecule has 3 rings (SSSR count). The summed E-state index contributed by atoms with van der Waals surface area (Å²) in [4.78, 5) is 16.1. The number of thiazole rings is 1. The van der Waals surface area contributed by atoms with E-state index in [9.17, 15) is 4.79 Å². The van der Waals surface area contributed by atoms with Crippen molar-refractivity contribution >= 4 is 17.2 Å². The normalized spacial score (nSPS) is 12.0. The van der Waals surface area contributed by atoms with Crippen molar-refractivity contribution in [3.63, 3.8) is 0 Å². The van der Waals surface area contributed by atoms with E-state index in [2.05, 4.69) is 16.2 Å². The minimum atomic E-state index is -0.129. The van der Waals surface area contributed by atoms with Crippen LogP contribution in [0.15, 0.2) is 23.6 Å². The van der Waals surface area contributed by atoms with Crippen LogP contribution in [0.5, 0.6) is 11.5 Å². The van der Waals surface area contributed by atoms with E-state index in [0.29, 0.717) is 0 Å². The molecule has 1 aromatic carbocycles. The molecule has 1 aliphatic rings. The lowest BCUT2D eigenvalue weighted by molar-refractivity contribution is -0.120. The summed E-state index contributed by atoms with van der Waals surface area (Å²) in [5, 5.41) is 5.33. The number of ether oxygens (including phenoxy) is 2. The van der Waals surface area contributed by atoms with Crippen LogP contribution in [0, 0.1) is 12.3 Å². The maximum absolute atomic E-state index is 11.6. The number of terminal acetylenes is 1. The maximum Gasteiger partial charge on any atom is 0.231 e. The Labute approximate surface area is 125 Å².